The number of hydrogen-bond acceptors (Lipinski definition) is 4. The molecule has 0 spiro atoms. The van der Waals surface area contributed by atoms with E-state index in [1.54, 1.807) is 18.2 Å². The first kappa shape index (κ1) is 14.4. The van der Waals surface area contributed by atoms with Gasteiger partial charge in [0.1, 0.15) is 23.0 Å². The average molecular weight is 292 g/mol. The van der Waals surface area contributed by atoms with Crippen molar-refractivity contribution >= 4 is 26.7 Å². The third kappa shape index (κ3) is 3.11. The fourth-order valence-electron chi connectivity index (χ4n) is 2.06. The standard InChI is InChI=1S/C14H16N2O3S/c1-3-4-5-13-12(9-15)11-8-10(16-20(2,17)18)6-7-14(11)19-13/h6-8,16H,3-5H2,1-2H3. The summed E-state index contributed by atoms with van der Waals surface area (Å²) in [6.45, 7) is 2.07. The van der Waals surface area contributed by atoms with E-state index in [1.165, 1.54) is 0 Å². The SMILES string of the molecule is CCCCc1oc2ccc(NS(C)(=O)=O)cc2c1C#N. The van der Waals surface area contributed by atoms with Crippen LogP contribution in [0.2, 0.25) is 0 Å². The van der Waals surface area contributed by atoms with E-state index < -0.39 is 10.0 Å². The molecule has 0 aliphatic rings. The Balaban J connectivity index is 2.48. The summed E-state index contributed by atoms with van der Waals surface area (Å²) in [6, 6.07) is 7.08. The monoisotopic (exact) mass is 292 g/mol. The van der Waals surface area contributed by atoms with Crippen molar-refractivity contribution in [1.29, 1.82) is 5.26 Å². The van der Waals surface area contributed by atoms with Crippen molar-refractivity contribution in [2.75, 3.05) is 11.0 Å². The van der Waals surface area contributed by atoms with E-state index in [9.17, 15) is 13.7 Å². The number of nitrogens with one attached hydrogen (secondary N) is 1. The number of furan rings is 1. The van der Waals surface area contributed by atoms with Gasteiger partial charge in [-0.15, -0.1) is 0 Å². The first-order valence-corrected chi connectivity index (χ1v) is 8.27. The Bertz CT molecular complexity index is 770. The van der Waals surface area contributed by atoms with Crippen LogP contribution in [0.3, 0.4) is 0 Å². The second kappa shape index (κ2) is 5.55. The van der Waals surface area contributed by atoms with Crippen LogP contribution in [0.4, 0.5) is 5.69 Å². The highest BCUT2D eigenvalue weighted by atomic mass is 32.2. The van der Waals surface area contributed by atoms with Gasteiger partial charge in [-0.2, -0.15) is 5.26 Å². The Kier molecular flexibility index (Phi) is 4.00. The molecule has 2 aromatic rings. The van der Waals surface area contributed by atoms with Gasteiger partial charge in [0.15, 0.2) is 0 Å². The lowest BCUT2D eigenvalue weighted by atomic mass is 10.1. The molecule has 1 N–H and O–H groups in total. The predicted octanol–water partition coefficient (Wildman–Crippen LogP) is 3.02. The van der Waals surface area contributed by atoms with Gasteiger partial charge in [-0.25, -0.2) is 8.42 Å². The molecule has 0 saturated heterocycles. The zero-order valence-corrected chi connectivity index (χ0v) is 12.3. The Hall–Kier alpha value is -2.00. The number of unbranched alkanes of at least 4 members (excludes halogenated alkanes) is 1. The third-order valence-corrected chi connectivity index (χ3v) is 3.54. The molecular weight excluding hydrogens is 276 g/mol. The fraction of sp³-hybridized carbons (Fsp3) is 0.357. The summed E-state index contributed by atoms with van der Waals surface area (Å²) in [5.74, 6) is 0.667. The van der Waals surface area contributed by atoms with Crippen LogP contribution in [0.1, 0.15) is 31.1 Å². The third-order valence-electron chi connectivity index (χ3n) is 2.93. The fourth-order valence-corrected chi connectivity index (χ4v) is 2.62. The Morgan fingerprint density at radius 3 is 2.75 bits per heavy atom. The van der Waals surface area contributed by atoms with Crippen molar-refractivity contribution in [3.05, 3.63) is 29.5 Å². The van der Waals surface area contributed by atoms with Gasteiger partial charge in [0.05, 0.1) is 6.26 Å². The quantitative estimate of drug-likeness (QED) is 0.918. The molecule has 1 aromatic heterocycles. The number of sulfonamides is 1. The van der Waals surface area contributed by atoms with E-state index in [0.29, 0.717) is 34.4 Å². The van der Waals surface area contributed by atoms with Gasteiger partial charge in [0, 0.05) is 17.5 Å². The van der Waals surface area contributed by atoms with Crippen molar-refractivity contribution in [3.63, 3.8) is 0 Å². The van der Waals surface area contributed by atoms with Crippen LogP contribution in [-0.4, -0.2) is 14.7 Å². The number of benzene rings is 1. The molecule has 0 fully saturated rings. The Morgan fingerprint density at radius 1 is 1.40 bits per heavy atom. The number of hydrogen-bond donors (Lipinski definition) is 1. The van der Waals surface area contributed by atoms with Crippen molar-refractivity contribution < 1.29 is 12.8 Å². The molecule has 2 rings (SSSR count). The maximum Gasteiger partial charge on any atom is 0.229 e. The van der Waals surface area contributed by atoms with Gasteiger partial charge in [-0.1, -0.05) is 13.3 Å². The summed E-state index contributed by atoms with van der Waals surface area (Å²) >= 11 is 0. The van der Waals surface area contributed by atoms with Crippen molar-refractivity contribution in [2.24, 2.45) is 0 Å². The minimum absolute atomic E-state index is 0.430. The van der Waals surface area contributed by atoms with Gasteiger partial charge < -0.3 is 4.42 Å². The second-order valence-electron chi connectivity index (χ2n) is 4.70. The summed E-state index contributed by atoms with van der Waals surface area (Å²) in [5.41, 5.74) is 1.52. The van der Waals surface area contributed by atoms with Gasteiger partial charge in [0.25, 0.3) is 0 Å². The lowest BCUT2D eigenvalue weighted by Crippen LogP contribution is -2.09. The summed E-state index contributed by atoms with van der Waals surface area (Å²) < 4.78 is 30.6. The van der Waals surface area contributed by atoms with Crippen LogP contribution in [0.15, 0.2) is 22.6 Å². The zero-order valence-electron chi connectivity index (χ0n) is 11.4. The van der Waals surface area contributed by atoms with Crippen LogP contribution in [0, 0.1) is 11.3 Å². The molecule has 0 aliphatic heterocycles. The normalized spacial score (nSPS) is 11.4. The van der Waals surface area contributed by atoms with Crippen LogP contribution >= 0.6 is 0 Å². The molecule has 1 aromatic carbocycles. The van der Waals surface area contributed by atoms with E-state index in [0.717, 1.165) is 19.1 Å². The summed E-state index contributed by atoms with van der Waals surface area (Å²) in [7, 11) is -3.34. The molecule has 1 heterocycles. The molecule has 0 bridgehead atoms. The molecule has 0 atom stereocenters. The van der Waals surface area contributed by atoms with Gasteiger partial charge in [-0.3, -0.25) is 4.72 Å². The van der Waals surface area contributed by atoms with Crippen LogP contribution < -0.4 is 4.72 Å². The Morgan fingerprint density at radius 2 is 2.15 bits per heavy atom. The minimum atomic E-state index is -3.34. The molecule has 0 saturated carbocycles. The number of nitrogens with zero attached hydrogens (tertiary/aromatic N) is 1. The predicted molar refractivity (Wildman–Crippen MR) is 78.0 cm³/mol. The summed E-state index contributed by atoms with van der Waals surface area (Å²) in [6.07, 6.45) is 3.76. The van der Waals surface area contributed by atoms with Crippen LogP contribution in [0.5, 0.6) is 0 Å². The van der Waals surface area contributed by atoms with E-state index in [2.05, 4.69) is 17.7 Å². The smallest absolute Gasteiger partial charge is 0.229 e. The average Bonchev–Trinajstić information content (AvgIpc) is 2.71. The van der Waals surface area contributed by atoms with E-state index in [-0.39, 0.29) is 0 Å². The van der Waals surface area contributed by atoms with Crippen molar-refractivity contribution in [3.8, 4) is 6.07 Å². The molecule has 0 unspecified atom stereocenters. The highest BCUT2D eigenvalue weighted by Gasteiger charge is 2.14. The number of rotatable bonds is 5. The number of nitriles is 1. The van der Waals surface area contributed by atoms with E-state index in [4.69, 9.17) is 4.42 Å². The highest BCUT2D eigenvalue weighted by Crippen LogP contribution is 2.29. The largest absolute Gasteiger partial charge is 0.460 e. The van der Waals surface area contributed by atoms with Gasteiger partial charge in [0.2, 0.25) is 10.0 Å². The van der Waals surface area contributed by atoms with Gasteiger partial charge >= 0.3 is 0 Å². The summed E-state index contributed by atoms with van der Waals surface area (Å²) in [5, 5.41) is 9.93. The van der Waals surface area contributed by atoms with E-state index in [1.807, 2.05) is 0 Å². The van der Waals surface area contributed by atoms with Crippen LogP contribution in [0.25, 0.3) is 11.0 Å². The van der Waals surface area contributed by atoms with Gasteiger partial charge in [-0.05, 0) is 24.6 Å². The molecule has 5 nitrogen and oxygen atoms in total. The maximum atomic E-state index is 11.2. The van der Waals surface area contributed by atoms with Crippen LogP contribution in [-0.2, 0) is 16.4 Å². The highest BCUT2D eigenvalue weighted by molar-refractivity contribution is 7.92. The molecule has 20 heavy (non-hydrogen) atoms. The van der Waals surface area contributed by atoms with E-state index >= 15 is 0 Å². The molecule has 106 valence electrons. The number of aryl methyl sites for hydroxylation is 1. The summed E-state index contributed by atoms with van der Waals surface area (Å²) in [4.78, 5) is 0. The number of fused-ring (bicyclic) bond motifs is 1. The zero-order chi connectivity index (χ0) is 14.8. The molecule has 0 aliphatic carbocycles. The van der Waals surface area contributed by atoms with Crippen molar-refractivity contribution in [2.45, 2.75) is 26.2 Å². The second-order valence-corrected chi connectivity index (χ2v) is 6.45. The lowest BCUT2D eigenvalue weighted by molar-refractivity contribution is 0.535. The lowest BCUT2D eigenvalue weighted by Gasteiger charge is -2.02. The first-order chi connectivity index (χ1) is 9.44. The molecule has 0 radical (unpaired) electrons. The van der Waals surface area contributed by atoms with Crippen molar-refractivity contribution in [1.82, 2.24) is 0 Å². The first-order valence-electron chi connectivity index (χ1n) is 6.38. The molecule has 6 heteroatoms. The molecular formula is C14H16N2O3S. The minimum Gasteiger partial charge on any atom is -0.460 e. The topological polar surface area (TPSA) is 83.1 Å². The number of anilines is 1. The Labute approximate surface area is 118 Å². The molecule has 0 amide bonds. The maximum absolute atomic E-state index is 11.2.